The van der Waals surface area contributed by atoms with Gasteiger partial charge in [-0.15, -0.1) is 0 Å². The Hall–Kier alpha value is -1.83. The van der Waals surface area contributed by atoms with Gasteiger partial charge in [0.2, 0.25) is 0 Å². The third-order valence-electron chi connectivity index (χ3n) is 2.85. The molecule has 0 aliphatic carbocycles. The second-order valence-electron chi connectivity index (χ2n) is 4.18. The zero-order valence-corrected chi connectivity index (χ0v) is 14.2. The van der Waals surface area contributed by atoms with Crippen LogP contribution in [0, 0.1) is 0 Å². The fraction of sp³-hybridized carbons (Fsp3) is 0. The summed E-state index contributed by atoms with van der Waals surface area (Å²) in [5.74, 6) is -0.0511. The van der Waals surface area contributed by atoms with Crippen molar-refractivity contribution in [3.63, 3.8) is 0 Å². The van der Waals surface area contributed by atoms with E-state index in [-0.39, 0.29) is 55.2 Å². The predicted octanol–water partition coefficient (Wildman–Crippen LogP) is 2.49. The first kappa shape index (κ1) is 14.6. The molecule has 4 radical (unpaired) electrons. The zero-order valence-electron chi connectivity index (χ0n) is 10.3. The summed E-state index contributed by atoms with van der Waals surface area (Å²) in [4.78, 5) is 12.0. The molecule has 2 N–H and O–H groups in total. The predicted molar refractivity (Wildman–Crippen MR) is 77.0 cm³/mol. The van der Waals surface area contributed by atoms with Gasteiger partial charge in [-0.25, -0.2) is 0 Å². The van der Waals surface area contributed by atoms with Gasteiger partial charge in [-0.1, -0.05) is 30.3 Å². The summed E-state index contributed by atoms with van der Waals surface area (Å²) in [5.41, 5.74) is 0.561. The molecular formula is C15H10O4Pb. The van der Waals surface area contributed by atoms with E-state index < -0.39 is 0 Å². The van der Waals surface area contributed by atoms with Gasteiger partial charge >= 0.3 is 0 Å². The maximum atomic E-state index is 12.0. The largest absolute Gasteiger partial charge is 0.508 e. The molecule has 5 heteroatoms. The van der Waals surface area contributed by atoms with E-state index in [1.165, 1.54) is 12.1 Å². The van der Waals surface area contributed by atoms with Crippen molar-refractivity contribution in [2.45, 2.75) is 0 Å². The minimum absolute atomic E-state index is 0. The average molecular weight is 461 g/mol. The quantitative estimate of drug-likeness (QED) is 0.547. The molecular weight excluding hydrogens is 451 g/mol. The number of benzene rings is 2. The molecule has 4 nitrogen and oxygen atoms in total. The van der Waals surface area contributed by atoms with E-state index in [0.29, 0.717) is 5.76 Å². The van der Waals surface area contributed by atoms with Crippen molar-refractivity contribution in [1.82, 2.24) is 0 Å². The van der Waals surface area contributed by atoms with Crippen LogP contribution in [0.25, 0.3) is 22.3 Å². The van der Waals surface area contributed by atoms with Gasteiger partial charge < -0.3 is 14.6 Å². The van der Waals surface area contributed by atoms with Crippen molar-refractivity contribution in [1.29, 1.82) is 0 Å². The summed E-state index contributed by atoms with van der Waals surface area (Å²) < 4.78 is 5.57. The third-order valence-corrected chi connectivity index (χ3v) is 2.85. The van der Waals surface area contributed by atoms with Crippen molar-refractivity contribution >= 4 is 38.3 Å². The van der Waals surface area contributed by atoms with E-state index in [9.17, 15) is 15.0 Å². The van der Waals surface area contributed by atoms with E-state index in [2.05, 4.69) is 0 Å². The molecule has 3 aromatic rings. The van der Waals surface area contributed by atoms with Gasteiger partial charge in [-0.05, 0) is 0 Å². The van der Waals surface area contributed by atoms with Crippen molar-refractivity contribution in [3.05, 3.63) is 58.8 Å². The van der Waals surface area contributed by atoms with Gasteiger partial charge in [0, 0.05) is 51.1 Å². The number of hydrogen-bond acceptors (Lipinski definition) is 4. The number of phenolic OH excluding ortho intramolecular Hbond substituents is 2. The summed E-state index contributed by atoms with van der Waals surface area (Å²) in [6, 6.07) is 12.9. The molecule has 0 bridgehead atoms. The van der Waals surface area contributed by atoms with Crippen LogP contribution < -0.4 is 5.43 Å². The molecule has 0 aliphatic heterocycles. The van der Waals surface area contributed by atoms with Gasteiger partial charge in [0.15, 0.2) is 5.43 Å². The summed E-state index contributed by atoms with van der Waals surface area (Å²) in [6.07, 6.45) is 0. The maximum absolute atomic E-state index is 12.0. The molecule has 0 amide bonds. The van der Waals surface area contributed by atoms with Gasteiger partial charge in [0.1, 0.15) is 28.2 Å². The Morgan fingerprint density at radius 1 is 0.950 bits per heavy atom. The molecule has 1 aromatic heterocycles. The minimum Gasteiger partial charge on any atom is -0.508 e. The standard InChI is InChI=1S/C15H10O4.Pb/c16-10-6-11(17)15-12(18)8-13(19-14(15)7-10)9-4-2-1-3-5-9;/h1-8,16-17H;. The molecule has 0 saturated heterocycles. The normalized spacial score (nSPS) is 10.2. The zero-order chi connectivity index (χ0) is 13.4. The fourth-order valence-electron chi connectivity index (χ4n) is 2.00. The molecule has 0 spiro atoms. The molecule has 1 heterocycles. The number of hydrogen-bond donors (Lipinski definition) is 2. The molecule has 0 aliphatic rings. The Morgan fingerprint density at radius 3 is 2.35 bits per heavy atom. The number of fused-ring (bicyclic) bond motifs is 1. The molecule has 2 aromatic carbocycles. The first-order valence-electron chi connectivity index (χ1n) is 5.70. The third kappa shape index (κ3) is 2.55. The second kappa shape index (κ2) is 5.66. The summed E-state index contributed by atoms with van der Waals surface area (Å²) >= 11 is 0. The van der Waals surface area contributed by atoms with E-state index >= 15 is 0 Å². The van der Waals surface area contributed by atoms with E-state index in [4.69, 9.17) is 4.42 Å². The average Bonchev–Trinajstić information content (AvgIpc) is 2.38. The first-order valence-corrected chi connectivity index (χ1v) is 5.70. The summed E-state index contributed by atoms with van der Waals surface area (Å²) in [7, 11) is 0. The van der Waals surface area contributed by atoms with Gasteiger partial charge in [0.05, 0.1) is 0 Å². The van der Waals surface area contributed by atoms with Crippen LogP contribution in [0.2, 0.25) is 0 Å². The van der Waals surface area contributed by atoms with Crippen LogP contribution >= 0.6 is 0 Å². The monoisotopic (exact) mass is 462 g/mol. The molecule has 3 rings (SSSR count). The Morgan fingerprint density at radius 2 is 1.65 bits per heavy atom. The van der Waals surface area contributed by atoms with E-state index in [1.807, 2.05) is 30.3 Å². The van der Waals surface area contributed by atoms with Crippen molar-refractivity contribution in [2.75, 3.05) is 0 Å². The smallest absolute Gasteiger partial charge is 0.197 e. The number of phenols is 2. The van der Waals surface area contributed by atoms with Crippen LogP contribution in [0.1, 0.15) is 0 Å². The molecule has 0 unspecified atom stereocenters. The molecule has 0 saturated carbocycles. The molecule has 0 atom stereocenters. The van der Waals surface area contributed by atoms with Gasteiger partial charge in [-0.2, -0.15) is 0 Å². The van der Waals surface area contributed by atoms with Crippen molar-refractivity contribution in [3.8, 4) is 22.8 Å². The topological polar surface area (TPSA) is 70.7 Å². The van der Waals surface area contributed by atoms with Gasteiger partial charge in [0.25, 0.3) is 0 Å². The van der Waals surface area contributed by atoms with Crippen molar-refractivity contribution in [2.24, 2.45) is 0 Å². The van der Waals surface area contributed by atoms with E-state index in [1.54, 1.807) is 0 Å². The van der Waals surface area contributed by atoms with Crippen LogP contribution in [-0.2, 0) is 0 Å². The van der Waals surface area contributed by atoms with Crippen LogP contribution in [-0.4, -0.2) is 37.5 Å². The second-order valence-corrected chi connectivity index (χ2v) is 4.18. The maximum Gasteiger partial charge on any atom is 0.197 e. The SMILES string of the molecule is O=c1cc(-c2ccccc2)oc2cc(O)cc(O)c12.[Pb]. The fourth-order valence-corrected chi connectivity index (χ4v) is 2.00. The number of rotatable bonds is 1. The molecule has 98 valence electrons. The first-order chi connectivity index (χ1) is 9.15. The Bertz CT molecular complexity index is 809. The summed E-state index contributed by atoms with van der Waals surface area (Å²) in [5, 5.41) is 19.2. The molecule has 0 fully saturated rings. The minimum atomic E-state index is -0.349. The van der Waals surface area contributed by atoms with Crippen LogP contribution in [0.5, 0.6) is 11.5 Å². The molecule has 20 heavy (non-hydrogen) atoms. The Labute approximate surface area is 134 Å². The van der Waals surface area contributed by atoms with Crippen LogP contribution in [0.15, 0.2) is 57.7 Å². The van der Waals surface area contributed by atoms with Gasteiger partial charge in [-0.3, -0.25) is 4.79 Å². The Kier molecular flexibility index (Phi) is 4.12. The van der Waals surface area contributed by atoms with Crippen molar-refractivity contribution < 1.29 is 14.6 Å². The van der Waals surface area contributed by atoms with Crippen LogP contribution in [0.3, 0.4) is 0 Å². The summed E-state index contributed by atoms with van der Waals surface area (Å²) in [6.45, 7) is 0. The van der Waals surface area contributed by atoms with Crippen LogP contribution in [0.4, 0.5) is 0 Å². The number of aromatic hydroxyl groups is 2. The Balaban J connectivity index is 0.00000147. The van der Waals surface area contributed by atoms with E-state index in [0.717, 1.165) is 11.6 Å².